The van der Waals surface area contributed by atoms with E-state index in [0.717, 1.165) is 0 Å². The van der Waals surface area contributed by atoms with E-state index in [0.29, 0.717) is 24.7 Å². The van der Waals surface area contributed by atoms with Crippen LogP contribution in [0.1, 0.15) is 0 Å². The molecular formula is C13H20N6O4S. The molecule has 0 aliphatic carbocycles. The van der Waals surface area contributed by atoms with Crippen molar-refractivity contribution in [2.75, 3.05) is 38.7 Å². The Morgan fingerprint density at radius 2 is 1.96 bits per heavy atom. The van der Waals surface area contributed by atoms with Crippen molar-refractivity contribution in [1.29, 1.82) is 0 Å². The lowest BCUT2D eigenvalue weighted by Gasteiger charge is -2.23. The Bertz CT molecular complexity index is 728. The molecule has 0 amide bonds. The first-order valence-electron chi connectivity index (χ1n) is 7.10. The smallest absolute Gasteiger partial charge is 0.325 e. The number of hydrogen-bond donors (Lipinski definition) is 3. The van der Waals surface area contributed by atoms with Crippen LogP contribution in [-0.2, 0) is 14.9 Å². The van der Waals surface area contributed by atoms with Gasteiger partial charge in [0.2, 0.25) is 11.9 Å². The number of guanidine groups is 2. The molecular weight excluding hydrogens is 336 g/mol. The summed E-state index contributed by atoms with van der Waals surface area (Å²) < 4.78 is 39.1. The Morgan fingerprint density at radius 1 is 1.29 bits per heavy atom. The Labute approximate surface area is 140 Å². The average molecular weight is 356 g/mol. The molecule has 0 bridgehead atoms. The highest BCUT2D eigenvalue weighted by atomic mass is 32.2. The van der Waals surface area contributed by atoms with Gasteiger partial charge in [0.15, 0.2) is 0 Å². The number of hydrogen-bond acceptors (Lipinski definition) is 4. The van der Waals surface area contributed by atoms with E-state index < -0.39 is 16.2 Å². The first-order chi connectivity index (χ1) is 11.4. The van der Waals surface area contributed by atoms with Gasteiger partial charge in [-0.2, -0.15) is 17.7 Å². The molecule has 0 spiro atoms. The van der Waals surface area contributed by atoms with Gasteiger partial charge in [-0.1, -0.05) is 12.1 Å². The van der Waals surface area contributed by atoms with Crippen molar-refractivity contribution in [2.45, 2.75) is 0 Å². The molecule has 1 heterocycles. The molecule has 5 N–H and O–H groups in total. The molecule has 1 fully saturated rings. The summed E-state index contributed by atoms with van der Waals surface area (Å²) >= 11 is 0. The van der Waals surface area contributed by atoms with Gasteiger partial charge in [-0.25, -0.2) is 0 Å². The number of nitrogens with zero attached hydrogens (tertiary/aromatic N) is 3. The van der Waals surface area contributed by atoms with E-state index in [2.05, 4.69) is 14.7 Å². The van der Waals surface area contributed by atoms with Crippen LogP contribution in [0.4, 0.5) is 5.69 Å². The predicted molar refractivity (Wildman–Crippen MR) is 91.2 cm³/mol. The SMILES string of the molecule is COc1ccccc1N/C(N)=N/C(N)=N/S(=O)(=O)N1CCOCC1. The monoisotopic (exact) mass is 356 g/mol. The van der Waals surface area contributed by atoms with Gasteiger partial charge in [-0.15, -0.1) is 4.40 Å². The number of aliphatic imine (C=N–C) groups is 1. The van der Waals surface area contributed by atoms with Crippen LogP contribution in [-0.4, -0.2) is 58.1 Å². The second kappa shape index (κ2) is 7.95. The Morgan fingerprint density at radius 3 is 2.62 bits per heavy atom. The second-order valence-corrected chi connectivity index (χ2v) is 6.36. The maximum atomic E-state index is 12.1. The molecule has 1 aromatic rings. The summed E-state index contributed by atoms with van der Waals surface area (Å²) in [5, 5.41) is 2.77. The van der Waals surface area contributed by atoms with Crippen molar-refractivity contribution >= 4 is 27.8 Å². The molecule has 1 aliphatic heterocycles. The number of methoxy groups -OCH3 is 1. The van der Waals surface area contributed by atoms with Crippen LogP contribution in [0, 0.1) is 0 Å². The topological polar surface area (TPSA) is 145 Å². The van der Waals surface area contributed by atoms with Crippen molar-refractivity contribution in [3.8, 4) is 5.75 Å². The molecule has 0 saturated carbocycles. The zero-order chi connectivity index (χ0) is 17.6. The van der Waals surface area contributed by atoms with Crippen LogP contribution in [0.25, 0.3) is 0 Å². The lowest BCUT2D eigenvalue weighted by atomic mass is 10.3. The fourth-order valence-corrected chi connectivity index (χ4v) is 3.01. The van der Waals surface area contributed by atoms with Crippen LogP contribution in [0.2, 0.25) is 0 Å². The molecule has 11 heteroatoms. The van der Waals surface area contributed by atoms with Crippen LogP contribution >= 0.6 is 0 Å². The van der Waals surface area contributed by atoms with Crippen molar-refractivity contribution in [3.63, 3.8) is 0 Å². The minimum Gasteiger partial charge on any atom is -0.495 e. The Balaban J connectivity index is 2.10. The van der Waals surface area contributed by atoms with E-state index in [1.165, 1.54) is 11.4 Å². The lowest BCUT2D eigenvalue weighted by Crippen LogP contribution is -2.40. The van der Waals surface area contributed by atoms with Gasteiger partial charge in [0, 0.05) is 13.1 Å². The number of rotatable bonds is 4. The molecule has 10 nitrogen and oxygen atoms in total. The van der Waals surface area contributed by atoms with Crippen molar-refractivity contribution < 1.29 is 17.9 Å². The first kappa shape index (κ1) is 18.0. The number of morpholine rings is 1. The largest absolute Gasteiger partial charge is 0.495 e. The molecule has 1 aromatic carbocycles. The van der Waals surface area contributed by atoms with Gasteiger partial charge < -0.3 is 26.3 Å². The van der Waals surface area contributed by atoms with Crippen molar-refractivity contribution in [3.05, 3.63) is 24.3 Å². The van der Waals surface area contributed by atoms with E-state index >= 15 is 0 Å². The van der Waals surface area contributed by atoms with E-state index in [1.807, 2.05) is 0 Å². The summed E-state index contributed by atoms with van der Waals surface area (Å²) in [6.07, 6.45) is 0. The van der Waals surface area contributed by atoms with Gasteiger partial charge in [-0.05, 0) is 12.1 Å². The molecule has 132 valence electrons. The van der Waals surface area contributed by atoms with Gasteiger partial charge in [-0.3, -0.25) is 0 Å². The summed E-state index contributed by atoms with van der Waals surface area (Å²) in [6, 6.07) is 7.02. The molecule has 0 unspecified atom stereocenters. The van der Waals surface area contributed by atoms with E-state index in [-0.39, 0.29) is 19.0 Å². The summed E-state index contributed by atoms with van der Waals surface area (Å²) in [7, 11) is -2.40. The zero-order valence-electron chi connectivity index (χ0n) is 13.2. The summed E-state index contributed by atoms with van der Waals surface area (Å²) in [6.45, 7) is 1.07. The van der Waals surface area contributed by atoms with Crippen LogP contribution < -0.4 is 21.5 Å². The third kappa shape index (κ3) is 4.81. The zero-order valence-corrected chi connectivity index (χ0v) is 14.0. The number of nitrogens with one attached hydrogen (secondary N) is 1. The third-order valence-corrected chi connectivity index (χ3v) is 4.55. The minimum atomic E-state index is -3.91. The fourth-order valence-electron chi connectivity index (χ4n) is 2.01. The fraction of sp³-hybridized carbons (Fsp3) is 0.385. The Kier molecular flexibility index (Phi) is 5.95. The maximum Gasteiger partial charge on any atom is 0.325 e. The van der Waals surface area contributed by atoms with Crippen molar-refractivity contribution in [2.24, 2.45) is 20.9 Å². The van der Waals surface area contributed by atoms with Crippen LogP contribution in [0.5, 0.6) is 5.75 Å². The van der Waals surface area contributed by atoms with Gasteiger partial charge in [0.05, 0.1) is 26.0 Å². The van der Waals surface area contributed by atoms with Crippen LogP contribution in [0.3, 0.4) is 0 Å². The molecule has 1 aliphatic rings. The molecule has 1 saturated heterocycles. The summed E-state index contributed by atoms with van der Waals surface area (Å²) in [5.41, 5.74) is 11.8. The number of nitrogens with two attached hydrogens (primary N) is 2. The highest BCUT2D eigenvalue weighted by molar-refractivity contribution is 7.87. The summed E-state index contributed by atoms with van der Waals surface area (Å²) in [4.78, 5) is 3.75. The lowest BCUT2D eigenvalue weighted by molar-refractivity contribution is 0.0731. The molecule has 24 heavy (non-hydrogen) atoms. The first-order valence-corrected chi connectivity index (χ1v) is 8.49. The number of benzene rings is 1. The number of para-hydroxylation sites is 2. The van der Waals surface area contributed by atoms with Crippen LogP contribution in [0.15, 0.2) is 33.7 Å². The van der Waals surface area contributed by atoms with E-state index in [9.17, 15) is 8.42 Å². The number of ether oxygens (including phenoxy) is 2. The van der Waals surface area contributed by atoms with Crippen molar-refractivity contribution in [1.82, 2.24) is 4.31 Å². The number of anilines is 1. The van der Waals surface area contributed by atoms with E-state index in [4.69, 9.17) is 20.9 Å². The van der Waals surface area contributed by atoms with Gasteiger partial charge in [0.1, 0.15) is 5.75 Å². The minimum absolute atomic E-state index is 0.113. The highest BCUT2D eigenvalue weighted by Crippen LogP contribution is 2.22. The quantitative estimate of drug-likeness (QED) is 0.478. The van der Waals surface area contributed by atoms with Gasteiger partial charge in [0.25, 0.3) is 0 Å². The molecule has 2 rings (SSSR count). The maximum absolute atomic E-state index is 12.1. The highest BCUT2D eigenvalue weighted by Gasteiger charge is 2.24. The van der Waals surface area contributed by atoms with E-state index in [1.54, 1.807) is 24.3 Å². The van der Waals surface area contributed by atoms with Gasteiger partial charge >= 0.3 is 10.2 Å². The third-order valence-electron chi connectivity index (χ3n) is 3.11. The summed E-state index contributed by atoms with van der Waals surface area (Å²) in [5.74, 6) is -0.0357. The molecule has 0 radical (unpaired) electrons. The second-order valence-electron chi connectivity index (χ2n) is 4.76. The standard InChI is InChI=1S/C13H20N6O4S/c1-22-11-5-3-2-4-10(11)16-12(14)17-13(15)18-24(20,21)19-6-8-23-9-7-19/h2-5H,6-9H2,1H3,(H5,14,15,16,17,18). The normalized spacial score (nSPS) is 17.5. The predicted octanol–water partition coefficient (Wildman–Crippen LogP) is -0.686. The molecule has 0 aromatic heterocycles. The Hall–Kier alpha value is -2.37. The molecule has 0 atom stereocenters. The average Bonchev–Trinajstić information content (AvgIpc) is 2.55.